The van der Waals surface area contributed by atoms with Gasteiger partial charge in [0, 0.05) is 7.05 Å². The number of hydrogen-bond acceptors (Lipinski definition) is 5. The summed E-state index contributed by atoms with van der Waals surface area (Å²) in [6.07, 6.45) is 0.687. The van der Waals surface area contributed by atoms with Crippen LogP contribution in [0.3, 0.4) is 0 Å². The highest BCUT2D eigenvalue weighted by Gasteiger charge is 2.24. The zero-order chi connectivity index (χ0) is 12.6. The molecule has 2 aromatic rings. The fourth-order valence-corrected chi connectivity index (χ4v) is 2.72. The number of carbonyl (C=O) groups excluding carboxylic acids is 2. The van der Waals surface area contributed by atoms with Crippen LogP contribution >= 0.6 is 11.3 Å². The maximum absolute atomic E-state index is 11.8. The molecule has 0 unspecified atom stereocenters. The van der Waals surface area contributed by atoms with E-state index in [0.29, 0.717) is 17.5 Å². The van der Waals surface area contributed by atoms with Crippen molar-refractivity contribution < 1.29 is 14.3 Å². The van der Waals surface area contributed by atoms with Crippen LogP contribution in [0.5, 0.6) is 0 Å². The Morgan fingerprint density at radius 1 is 1.59 bits per heavy atom. The lowest BCUT2D eigenvalue weighted by Gasteiger charge is -2.03. The molecule has 0 saturated carbocycles. The fourth-order valence-electron chi connectivity index (χ4n) is 1.77. The molecule has 6 heteroatoms. The van der Waals surface area contributed by atoms with Crippen LogP contribution in [0.4, 0.5) is 0 Å². The van der Waals surface area contributed by atoms with Crippen molar-refractivity contribution >= 4 is 33.9 Å². The fraction of sp³-hybridized carbons (Fsp3) is 0.364. The molecule has 0 atom stereocenters. The predicted molar refractivity (Wildman–Crippen MR) is 64.7 cm³/mol. The van der Waals surface area contributed by atoms with Gasteiger partial charge in [-0.05, 0) is 13.8 Å². The zero-order valence-electron chi connectivity index (χ0n) is 9.81. The third-order valence-corrected chi connectivity index (χ3v) is 3.45. The van der Waals surface area contributed by atoms with Gasteiger partial charge in [0.1, 0.15) is 5.69 Å². The van der Waals surface area contributed by atoms with Crippen molar-refractivity contribution in [1.82, 2.24) is 9.55 Å². The Hall–Kier alpha value is -1.69. The van der Waals surface area contributed by atoms with Crippen LogP contribution in [0.25, 0.3) is 10.3 Å². The van der Waals surface area contributed by atoms with Crippen LogP contribution < -0.4 is 0 Å². The Morgan fingerprint density at radius 3 is 2.88 bits per heavy atom. The number of thiazole rings is 1. The SMILES string of the molecule is CCOC(=O)c1c(C=O)c2sc(C)nc2n1C. The lowest BCUT2D eigenvalue weighted by Crippen LogP contribution is -2.12. The van der Waals surface area contributed by atoms with Gasteiger partial charge >= 0.3 is 5.97 Å². The Morgan fingerprint density at radius 2 is 2.29 bits per heavy atom. The second-order valence-electron chi connectivity index (χ2n) is 3.55. The highest BCUT2D eigenvalue weighted by atomic mass is 32.1. The Labute approximate surface area is 102 Å². The maximum atomic E-state index is 11.8. The number of aromatic nitrogens is 2. The van der Waals surface area contributed by atoms with Crippen molar-refractivity contribution in [3.63, 3.8) is 0 Å². The van der Waals surface area contributed by atoms with Gasteiger partial charge in [-0.3, -0.25) is 4.79 Å². The number of hydrogen-bond donors (Lipinski definition) is 0. The van der Waals surface area contributed by atoms with E-state index in [-0.39, 0.29) is 12.3 Å². The topological polar surface area (TPSA) is 61.2 Å². The first-order chi connectivity index (χ1) is 8.10. The smallest absolute Gasteiger partial charge is 0.355 e. The lowest BCUT2D eigenvalue weighted by atomic mass is 10.2. The minimum absolute atomic E-state index is 0.274. The van der Waals surface area contributed by atoms with Crippen LogP contribution in [0.2, 0.25) is 0 Å². The largest absolute Gasteiger partial charge is 0.461 e. The van der Waals surface area contributed by atoms with Crippen molar-refractivity contribution in [3.8, 4) is 0 Å². The van der Waals surface area contributed by atoms with Gasteiger partial charge in [0.2, 0.25) is 0 Å². The molecule has 2 rings (SSSR count). The van der Waals surface area contributed by atoms with E-state index in [1.54, 1.807) is 18.5 Å². The summed E-state index contributed by atoms with van der Waals surface area (Å²) in [4.78, 5) is 27.2. The standard InChI is InChI=1S/C11H12N2O3S/c1-4-16-11(15)8-7(5-14)9-10(13(8)3)12-6(2)17-9/h5H,4H2,1-3H3. The quantitative estimate of drug-likeness (QED) is 0.618. The minimum atomic E-state index is -0.486. The first-order valence-corrected chi connectivity index (χ1v) is 5.99. The summed E-state index contributed by atoms with van der Waals surface area (Å²) in [5.41, 5.74) is 1.29. The number of nitrogens with zero attached hydrogens (tertiary/aromatic N) is 2. The summed E-state index contributed by atoms with van der Waals surface area (Å²) >= 11 is 1.40. The average Bonchev–Trinajstić information content (AvgIpc) is 2.76. The molecule has 0 saturated heterocycles. The predicted octanol–water partition coefficient (Wildman–Crippen LogP) is 1.93. The number of esters is 1. The Balaban J connectivity index is 2.70. The van der Waals surface area contributed by atoms with E-state index in [1.165, 1.54) is 11.3 Å². The van der Waals surface area contributed by atoms with Gasteiger partial charge < -0.3 is 9.30 Å². The maximum Gasteiger partial charge on any atom is 0.355 e. The molecule has 0 spiro atoms. The van der Waals surface area contributed by atoms with Crippen LogP contribution in [0.15, 0.2) is 0 Å². The number of ether oxygens (including phenoxy) is 1. The number of aldehydes is 1. The Kier molecular flexibility index (Phi) is 2.97. The summed E-state index contributed by atoms with van der Waals surface area (Å²) in [7, 11) is 1.71. The Bertz CT molecular complexity index is 597. The molecule has 0 bridgehead atoms. The molecule has 0 amide bonds. The summed E-state index contributed by atoms with van der Waals surface area (Å²) in [6, 6.07) is 0. The molecule has 0 fully saturated rings. The van der Waals surface area contributed by atoms with Gasteiger partial charge in [-0.15, -0.1) is 11.3 Å². The summed E-state index contributed by atoms with van der Waals surface area (Å²) in [5.74, 6) is -0.486. The van der Waals surface area contributed by atoms with E-state index in [0.717, 1.165) is 9.71 Å². The third kappa shape index (κ3) is 1.74. The average molecular weight is 252 g/mol. The summed E-state index contributed by atoms with van der Waals surface area (Å²) in [6.45, 7) is 3.87. The van der Waals surface area contributed by atoms with Gasteiger partial charge in [0.05, 0.1) is 21.9 Å². The number of rotatable bonds is 3. The van der Waals surface area contributed by atoms with Gasteiger partial charge in [-0.2, -0.15) is 0 Å². The second kappa shape index (κ2) is 4.29. The van der Waals surface area contributed by atoms with Crippen LogP contribution in [0, 0.1) is 6.92 Å². The molecule has 5 nitrogen and oxygen atoms in total. The minimum Gasteiger partial charge on any atom is -0.461 e. The number of fused-ring (bicyclic) bond motifs is 1. The first-order valence-electron chi connectivity index (χ1n) is 5.18. The van der Waals surface area contributed by atoms with E-state index in [4.69, 9.17) is 4.74 Å². The molecule has 2 aromatic heterocycles. The third-order valence-electron chi connectivity index (χ3n) is 2.46. The van der Waals surface area contributed by atoms with Crippen LogP contribution in [-0.4, -0.2) is 28.4 Å². The van der Waals surface area contributed by atoms with Crippen LogP contribution in [-0.2, 0) is 11.8 Å². The van der Waals surface area contributed by atoms with Crippen molar-refractivity contribution in [2.75, 3.05) is 6.61 Å². The molecule has 17 heavy (non-hydrogen) atoms. The van der Waals surface area contributed by atoms with E-state index in [9.17, 15) is 9.59 Å². The summed E-state index contributed by atoms with van der Waals surface area (Å²) < 4.78 is 7.29. The van der Waals surface area contributed by atoms with Crippen molar-refractivity contribution in [2.24, 2.45) is 7.05 Å². The summed E-state index contributed by atoms with van der Waals surface area (Å²) in [5, 5.41) is 0.865. The van der Waals surface area contributed by atoms with Crippen LogP contribution in [0.1, 0.15) is 32.8 Å². The molecular formula is C11H12N2O3S. The lowest BCUT2D eigenvalue weighted by molar-refractivity contribution is 0.0513. The molecule has 90 valence electrons. The van der Waals surface area contributed by atoms with Crippen molar-refractivity contribution in [1.29, 1.82) is 0 Å². The molecule has 0 aliphatic heterocycles. The zero-order valence-corrected chi connectivity index (χ0v) is 10.6. The molecule has 0 radical (unpaired) electrons. The van der Waals surface area contributed by atoms with E-state index in [1.807, 2.05) is 6.92 Å². The first kappa shape index (κ1) is 11.8. The van der Waals surface area contributed by atoms with Gasteiger partial charge in [-0.1, -0.05) is 0 Å². The highest BCUT2D eigenvalue weighted by molar-refractivity contribution is 7.18. The van der Waals surface area contributed by atoms with Gasteiger partial charge in [0.15, 0.2) is 11.9 Å². The molecule has 0 aromatic carbocycles. The van der Waals surface area contributed by atoms with Crippen molar-refractivity contribution in [3.05, 3.63) is 16.3 Å². The van der Waals surface area contributed by atoms with E-state index in [2.05, 4.69) is 4.98 Å². The second-order valence-corrected chi connectivity index (χ2v) is 4.75. The number of aryl methyl sites for hydroxylation is 2. The normalized spacial score (nSPS) is 10.8. The van der Waals surface area contributed by atoms with E-state index >= 15 is 0 Å². The molecule has 0 N–H and O–H groups in total. The highest BCUT2D eigenvalue weighted by Crippen LogP contribution is 2.29. The monoisotopic (exact) mass is 252 g/mol. The van der Waals surface area contributed by atoms with Crippen molar-refractivity contribution in [2.45, 2.75) is 13.8 Å². The van der Waals surface area contributed by atoms with Gasteiger partial charge in [-0.25, -0.2) is 9.78 Å². The van der Waals surface area contributed by atoms with Gasteiger partial charge in [0.25, 0.3) is 0 Å². The molecule has 0 aliphatic carbocycles. The molecular weight excluding hydrogens is 240 g/mol. The molecule has 2 heterocycles. The molecule has 0 aliphatic rings. The number of carbonyl (C=O) groups is 2. The van der Waals surface area contributed by atoms with E-state index < -0.39 is 5.97 Å².